The lowest BCUT2D eigenvalue weighted by molar-refractivity contribution is 0.0956. The molecule has 1 N–H and O–H groups in total. The van der Waals surface area contributed by atoms with Gasteiger partial charge in [-0.25, -0.2) is 4.98 Å². The predicted octanol–water partition coefficient (Wildman–Crippen LogP) is 2.99. The number of hydrogen-bond acceptors (Lipinski definition) is 3. The molecule has 116 valence electrons. The van der Waals surface area contributed by atoms with Crippen LogP contribution in [0.3, 0.4) is 0 Å². The molecule has 5 nitrogen and oxygen atoms in total. The number of pyridine rings is 1. The number of imidazole rings is 1. The van der Waals surface area contributed by atoms with Gasteiger partial charge in [-0.15, -0.1) is 0 Å². The van der Waals surface area contributed by atoms with Crippen molar-refractivity contribution in [2.24, 2.45) is 0 Å². The molecular formula is C19H14N4O. The molecule has 1 aliphatic heterocycles. The third kappa shape index (κ3) is 1.78. The maximum absolute atomic E-state index is 12.3. The van der Waals surface area contributed by atoms with E-state index in [2.05, 4.69) is 20.9 Å². The quantitative estimate of drug-likeness (QED) is 0.587. The molecule has 5 heteroatoms. The fourth-order valence-electron chi connectivity index (χ4n) is 3.46. The van der Waals surface area contributed by atoms with E-state index in [0.29, 0.717) is 18.7 Å². The Hall–Kier alpha value is -3.21. The van der Waals surface area contributed by atoms with Gasteiger partial charge < -0.3 is 9.88 Å². The fourth-order valence-corrected chi connectivity index (χ4v) is 3.46. The molecule has 2 aromatic carbocycles. The Labute approximate surface area is 138 Å². The number of nitrogens with one attached hydrogen (secondary N) is 1. The van der Waals surface area contributed by atoms with Crippen LogP contribution in [0.1, 0.15) is 10.4 Å². The Balaban J connectivity index is 1.89. The number of amides is 1. The molecule has 24 heavy (non-hydrogen) atoms. The molecule has 0 fully saturated rings. The summed E-state index contributed by atoms with van der Waals surface area (Å²) in [6.45, 7) is 1.29. The molecule has 4 aromatic rings. The molecular weight excluding hydrogens is 300 g/mol. The Morgan fingerprint density at radius 2 is 1.83 bits per heavy atom. The third-order valence-corrected chi connectivity index (χ3v) is 4.52. The van der Waals surface area contributed by atoms with Gasteiger partial charge in [0, 0.05) is 30.2 Å². The largest absolute Gasteiger partial charge is 0.350 e. The minimum atomic E-state index is -0.0367. The van der Waals surface area contributed by atoms with E-state index in [0.717, 1.165) is 33.3 Å². The maximum Gasteiger partial charge on any atom is 0.253 e. The van der Waals surface area contributed by atoms with Crippen LogP contribution in [0.25, 0.3) is 33.3 Å². The van der Waals surface area contributed by atoms with Gasteiger partial charge >= 0.3 is 0 Å². The first kappa shape index (κ1) is 13.2. The highest BCUT2D eigenvalue weighted by atomic mass is 16.1. The van der Waals surface area contributed by atoms with Crippen LogP contribution in [-0.2, 0) is 6.54 Å². The van der Waals surface area contributed by atoms with Crippen LogP contribution in [0.15, 0.2) is 54.7 Å². The minimum Gasteiger partial charge on any atom is -0.350 e. The molecule has 0 radical (unpaired) electrons. The van der Waals surface area contributed by atoms with Crippen LogP contribution < -0.4 is 5.32 Å². The van der Waals surface area contributed by atoms with Crippen molar-refractivity contribution in [3.05, 3.63) is 60.3 Å². The van der Waals surface area contributed by atoms with Crippen molar-refractivity contribution in [2.75, 3.05) is 6.54 Å². The monoisotopic (exact) mass is 314 g/mol. The summed E-state index contributed by atoms with van der Waals surface area (Å²) in [6.07, 6.45) is 1.81. The smallest absolute Gasteiger partial charge is 0.253 e. The van der Waals surface area contributed by atoms with Crippen molar-refractivity contribution in [2.45, 2.75) is 6.54 Å². The Kier molecular flexibility index (Phi) is 2.70. The highest BCUT2D eigenvalue weighted by molar-refractivity contribution is 6.06. The number of hydrogen-bond donors (Lipinski definition) is 1. The van der Waals surface area contributed by atoms with Crippen LogP contribution in [0.5, 0.6) is 0 Å². The number of carbonyl (C=O) groups is 1. The van der Waals surface area contributed by atoms with Crippen molar-refractivity contribution in [3.63, 3.8) is 0 Å². The topological polar surface area (TPSA) is 59.8 Å². The lowest BCUT2D eigenvalue weighted by atomic mass is 10.1. The summed E-state index contributed by atoms with van der Waals surface area (Å²) in [5.41, 5.74) is 4.42. The molecule has 0 saturated heterocycles. The number of benzene rings is 2. The zero-order valence-electron chi connectivity index (χ0n) is 12.9. The van der Waals surface area contributed by atoms with E-state index in [-0.39, 0.29) is 5.91 Å². The molecule has 0 unspecified atom stereocenters. The van der Waals surface area contributed by atoms with Crippen molar-refractivity contribution in [1.82, 2.24) is 19.9 Å². The first-order valence-electron chi connectivity index (χ1n) is 7.94. The van der Waals surface area contributed by atoms with E-state index in [9.17, 15) is 4.79 Å². The standard InChI is InChI=1S/C19H14N4O/c24-19-14-5-3-7-16-17(14)23(11-10-21-19)18(22-16)13-8-9-20-15-6-2-1-4-12(13)15/h1-9H,10-11H2,(H,21,24). The van der Waals surface area contributed by atoms with Crippen LogP contribution in [0, 0.1) is 0 Å². The summed E-state index contributed by atoms with van der Waals surface area (Å²) in [6, 6.07) is 15.7. The lowest BCUT2D eigenvalue weighted by Crippen LogP contribution is -2.24. The van der Waals surface area contributed by atoms with E-state index in [1.165, 1.54) is 0 Å². The fraction of sp³-hybridized carbons (Fsp3) is 0.105. The molecule has 0 bridgehead atoms. The molecule has 5 rings (SSSR count). The average molecular weight is 314 g/mol. The summed E-state index contributed by atoms with van der Waals surface area (Å²) >= 11 is 0. The summed E-state index contributed by atoms with van der Waals surface area (Å²) < 4.78 is 2.14. The molecule has 0 aliphatic carbocycles. The summed E-state index contributed by atoms with van der Waals surface area (Å²) in [5.74, 6) is 0.845. The van der Waals surface area contributed by atoms with E-state index in [1.807, 2.05) is 48.7 Å². The van der Waals surface area contributed by atoms with Gasteiger partial charge in [0.25, 0.3) is 5.91 Å². The van der Waals surface area contributed by atoms with E-state index >= 15 is 0 Å². The summed E-state index contributed by atoms with van der Waals surface area (Å²) in [5, 5.41) is 4.02. The zero-order valence-corrected chi connectivity index (χ0v) is 12.9. The second-order valence-electron chi connectivity index (χ2n) is 5.89. The first-order chi connectivity index (χ1) is 11.8. The van der Waals surface area contributed by atoms with Gasteiger partial charge in [0.05, 0.1) is 22.1 Å². The first-order valence-corrected chi connectivity index (χ1v) is 7.94. The molecule has 2 aromatic heterocycles. The van der Waals surface area contributed by atoms with Crippen LogP contribution in [-0.4, -0.2) is 27.0 Å². The molecule has 1 aliphatic rings. The number of carbonyl (C=O) groups excluding carboxylic acids is 1. The summed E-state index contributed by atoms with van der Waals surface area (Å²) in [4.78, 5) is 21.6. The second-order valence-corrected chi connectivity index (χ2v) is 5.89. The van der Waals surface area contributed by atoms with Gasteiger partial charge in [0.1, 0.15) is 5.82 Å². The average Bonchev–Trinajstić information content (AvgIpc) is 2.90. The Morgan fingerprint density at radius 3 is 2.79 bits per heavy atom. The van der Waals surface area contributed by atoms with Crippen LogP contribution >= 0.6 is 0 Å². The van der Waals surface area contributed by atoms with Gasteiger partial charge in [-0.3, -0.25) is 9.78 Å². The van der Waals surface area contributed by atoms with Crippen LogP contribution in [0.2, 0.25) is 0 Å². The normalized spacial score (nSPS) is 13.9. The van der Waals surface area contributed by atoms with Gasteiger partial charge in [-0.2, -0.15) is 0 Å². The highest BCUT2D eigenvalue weighted by Crippen LogP contribution is 2.31. The molecule has 1 amide bonds. The number of rotatable bonds is 1. The maximum atomic E-state index is 12.3. The van der Waals surface area contributed by atoms with E-state index in [4.69, 9.17) is 4.98 Å². The second kappa shape index (κ2) is 4.89. The highest BCUT2D eigenvalue weighted by Gasteiger charge is 2.22. The molecule has 0 atom stereocenters. The SMILES string of the molecule is O=C1NCCn2c(-c3ccnc4ccccc34)nc3cccc1c32. The minimum absolute atomic E-state index is 0.0367. The Morgan fingerprint density at radius 1 is 0.958 bits per heavy atom. The molecule has 0 saturated carbocycles. The van der Waals surface area contributed by atoms with Gasteiger partial charge in [0.15, 0.2) is 0 Å². The molecule has 0 spiro atoms. The van der Waals surface area contributed by atoms with Crippen LogP contribution in [0.4, 0.5) is 0 Å². The van der Waals surface area contributed by atoms with Crippen molar-refractivity contribution in [1.29, 1.82) is 0 Å². The van der Waals surface area contributed by atoms with Crippen molar-refractivity contribution < 1.29 is 4.79 Å². The number of fused-ring (bicyclic) bond motifs is 1. The lowest BCUT2D eigenvalue weighted by Gasteiger charge is -2.09. The number of para-hydroxylation sites is 2. The molecule has 3 heterocycles. The van der Waals surface area contributed by atoms with Gasteiger partial charge in [-0.05, 0) is 24.3 Å². The van der Waals surface area contributed by atoms with E-state index in [1.54, 1.807) is 0 Å². The predicted molar refractivity (Wildman–Crippen MR) is 92.8 cm³/mol. The zero-order chi connectivity index (χ0) is 16.1. The Bertz CT molecular complexity index is 1110. The van der Waals surface area contributed by atoms with Gasteiger partial charge in [-0.1, -0.05) is 24.3 Å². The van der Waals surface area contributed by atoms with Gasteiger partial charge in [0.2, 0.25) is 0 Å². The summed E-state index contributed by atoms with van der Waals surface area (Å²) in [7, 11) is 0. The number of nitrogens with zero attached hydrogens (tertiary/aromatic N) is 3. The van der Waals surface area contributed by atoms with Crippen molar-refractivity contribution in [3.8, 4) is 11.4 Å². The van der Waals surface area contributed by atoms with Crippen molar-refractivity contribution >= 4 is 27.8 Å². The number of aromatic nitrogens is 3. The third-order valence-electron chi connectivity index (χ3n) is 4.52. The van der Waals surface area contributed by atoms with E-state index < -0.39 is 0 Å².